The van der Waals surface area contributed by atoms with Crippen LogP contribution in [0, 0.1) is 6.92 Å². The summed E-state index contributed by atoms with van der Waals surface area (Å²) in [5.74, 6) is 0. The van der Waals surface area contributed by atoms with Crippen LogP contribution in [-0.4, -0.2) is 9.78 Å². The van der Waals surface area contributed by atoms with E-state index in [0.29, 0.717) is 11.7 Å². The second-order valence-corrected chi connectivity index (χ2v) is 6.19. The summed E-state index contributed by atoms with van der Waals surface area (Å²) in [5, 5.41) is 5.36. The quantitative estimate of drug-likeness (QED) is 0.617. The van der Waals surface area contributed by atoms with Crippen LogP contribution in [0.15, 0.2) is 59.1 Å². The fourth-order valence-electron chi connectivity index (χ4n) is 2.31. The first-order chi connectivity index (χ1) is 10.1. The van der Waals surface area contributed by atoms with E-state index in [2.05, 4.69) is 45.3 Å². The Balaban J connectivity index is 1.98. The zero-order chi connectivity index (χ0) is 14.8. The van der Waals surface area contributed by atoms with E-state index in [4.69, 9.17) is 11.6 Å². The standard InChI is InChI=1S/C17H14BrClN2/c1-12-16(14-7-3-2-4-8-14)20-21(17(12)19)11-13-6-5-9-15(18)10-13/h2-10H,11H2,1H3. The van der Waals surface area contributed by atoms with Crippen LogP contribution in [-0.2, 0) is 6.54 Å². The Labute approximate surface area is 137 Å². The van der Waals surface area contributed by atoms with Crippen LogP contribution in [0.5, 0.6) is 0 Å². The molecule has 0 aliphatic carbocycles. The van der Waals surface area contributed by atoms with Crippen molar-refractivity contribution in [3.8, 4) is 11.3 Å². The summed E-state index contributed by atoms with van der Waals surface area (Å²) in [6.07, 6.45) is 0. The molecular formula is C17H14BrClN2. The first-order valence-electron chi connectivity index (χ1n) is 6.68. The maximum absolute atomic E-state index is 6.44. The number of nitrogens with zero attached hydrogens (tertiary/aromatic N) is 2. The van der Waals surface area contributed by atoms with Gasteiger partial charge in [-0.25, -0.2) is 4.68 Å². The lowest BCUT2D eigenvalue weighted by Gasteiger charge is -2.04. The normalized spacial score (nSPS) is 10.8. The van der Waals surface area contributed by atoms with E-state index in [0.717, 1.165) is 26.9 Å². The number of halogens is 2. The highest BCUT2D eigenvalue weighted by molar-refractivity contribution is 9.10. The molecule has 0 unspecified atom stereocenters. The number of aromatic nitrogens is 2. The van der Waals surface area contributed by atoms with Crippen molar-refractivity contribution >= 4 is 27.5 Å². The topological polar surface area (TPSA) is 17.8 Å². The lowest BCUT2D eigenvalue weighted by atomic mass is 10.1. The highest BCUT2D eigenvalue weighted by Crippen LogP contribution is 2.28. The molecule has 0 fully saturated rings. The second-order valence-electron chi connectivity index (χ2n) is 4.92. The zero-order valence-electron chi connectivity index (χ0n) is 11.6. The van der Waals surface area contributed by atoms with Gasteiger partial charge in [0.25, 0.3) is 0 Å². The Hall–Kier alpha value is -1.58. The summed E-state index contributed by atoms with van der Waals surface area (Å²) >= 11 is 9.93. The van der Waals surface area contributed by atoms with Gasteiger partial charge in [-0.2, -0.15) is 5.10 Å². The molecule has 0 radical (unpaired) electrons. The molecule has 2 nitrogen and oxygen atoms in total. The van der Waals surface area contributed by atoms with Crippen molar-refractivity contribution < 1.29 is 0 Å². The first kappa shape index (κ1) is 14.4. The molecule has 0 atom stereocenters. The van der Waals surface area contributed by atoms with Gasteiger partial charge in [-0.05, 0) is 24.6 Å². The molecule has 21 heavy (non-hydrogen) atoms. The van der Waals surface area contributed by atoms with Gasteiger partial charge in [0.2, 0.25) is 0 Å². The molecule has 3 aromatic rings. The molecule has 0 spiro atoms. The molecule has 106 valence electrons. The Morgan fingerprint density at radius 3 is 2.57 bits per heavy atom. The van der Waals surface area contributed by atoms with Crippen molar-refractivity contribution in [1.29, 1.82) is 0 Å². The molecule has 0 bridgehead atoms. The predicted molar refractivity (Wildman–Crippen MR) is 90.7 cm³/mol. The molecule has 0 aliphatic heterocycles. The van der Waals surface area contributed by atoms with Crippen LogP contribution in [0.25, 0.3) is 11.3 Å². The molecule has 4 heteroatoms. The van der Waals surface area contributed by atoms with Crippen molar-refractivity contribution in [2.45, 2.75) is 13.5 Å². The molecule has 2 aromatic carbocycles. The van der Waals surface area contributed by atoms with Crippen molar-refractivity contribution in [3.63, 3.8) is 0 Å². The fraction of sp³-hybridized carbons (Fsp3) is 0.118. The van der Waals surface area contributed by atoms with Crippen molar-refractivity contribution in [2.24, 2.45) is 0 Å². The van der Waals surface area contributed by atoms with Crippen LogP contribution >= 0.6 is 27.5 Å². The summed E-state index contributed by atoms with van der Waals surface area (Å²) < 4.78 is 2.91. The molecule has 0 saturated heterocycles. The van der Waals surface area contributed by atoms with Crippen molar-refractivity contribution in [2.75, 3.05) is 0 Å². The van der Waals surface area contributed by atoms with Gasteiger partial charge in [-0.3, -0.25) is 0 Å². The number of hydrogen-bond donors (Lipinski definition) is 0. The van der Waals surface area contributed by atoms with E-state index in [1.807, 2.05) is 41.9 Å². The van der Waals surface area contributed by atoms with Crippen molar-refractivity contribution in [1.82, 2.24) is 9.78 Å². The Morgan fingerprint density at radius 1 is 1.10 bits per heavy atom. The second kappa shape index (κ2) is 6.04. The molecule has 0 amide bonds. The van der Waals surface area contributed by atoms with Gasteiger partial charge in [0.1, 0.15) is 5.15 Å². The zero-order valence-corrected chi connectivity index (χ0v) is 13.9. The minimum atomic E-state index is 0.659. The van der Waals surface area contributed by atoms with Gasteiger partial charge >= 0.3 is 0 Å². The Bertz CT molecular complexity index is 766. The van der Waals surface area contributed by atoms with Crippen molar-refractivity contribution in [3.05, 3.63) is 75.4 Å². The summed E-state index contributed by atoms with van der Waals surface area (Å²) in [6, 6.07) is 18.3. The molecule has 0 aliphatic rings. The van der Waals surface area contributed by atoms with E-state index in [1.165, 1.54) is 0 Å². The minimum Gasteiger partial charge on any atom is -0.249 e. The smallest absolute Gasteiger partial charge is 0.130 e. The van der Waals surface area contributed by atoms with Gasteiger partial charge in [0.15, 0.2) is 0 Å². The molecule has 0 saturated carbocycles. The summed E-state index contributed by atoms with van der Waals surface area (Å²) in [6.45, 7) is 2.67. The lowest BCUT2D eigenvalue weighted by molar-refractivity contribution is 0.689. The SMILES string of the molecule is Cc1c(-c2ccccc2)nn(Cc2cccc(Br)c2)c1Cl. The summed E-state index contributed by atoms with van der Waals surface area (Å²) in [5.41, 5.74) is 4.20. The molecule has 1 heterocycles. The Kier molecular flexibility index (Phi) is 4.13. The third kappa shape index (κ3) is 3.04. The highest BCUT2D eigenvalue weighted by atomic mass is 79.9. The first-order valence-corrected chi connectivity index (χ1v) is 7.85. The Morgan fingerprint density at radius 2 is 1.86 bits per heavy atom. The van der Waals surface area contributed by atoms with Gasteiger partial charge in [-0.1, -0.05) is 70.0 Å². The van der Waals surface area contributed by atoms with E-state index in [1.54, 1.807) is 0 Å². The van der Waals surface area contributed by atoms with E-state index in [9.17, 15) is 0 Å². The number of benzene rings is 2. The predicted octanol–water partition coefficient (Wildman–Crippen LogP) is 5.32. The van der Waals surface area contributed by atoms with E-state index >= 15 is 0 Å². The highest BCUT2D eigenvalue weighted by Gasteiger charge is 2.14. The van der Waals surface area contributed by atoms with Crippen LogP contribution < -0.4 is 0 Å². The maximum atomic E-state index is 6.44. The largest absolute Gasteiger partial charge is 0.249 e. The number of rotatable bonds is 3. The minimum absolute atomic E-state index is 0.659. The van der Waals surface area contributed by atoms with Gasteiger partial charge in [-0.15, -0.1) is 0 Å². The van der Waals surface area contributed by atoms with E-state index < -0.39 is 0 Å². The molecule has 3 rings (SSSR count). The monoisotopic (exact) mass is 360 g/mol. The van der Waals surface area contributed by atoms with Crippen LogP contribution in [0.1, 0.15) is 11.1 Å². The molecule has 1 aromatic heterocycles. The van der Waals surface area contributed by atoms with Crippen LogP contribution in [0.3, 0.4) is 0 Å². The third-order valence-corrected chi connectivity index (χ3v) is 4.35. The van der Waals surface area contributed by atoms with Gasteiger partial charge in [0.05, 0.1) is 12.2 Å². The van der Waals surface area contributed by atoms with Gasteiger partial charge < -0.3 is 0 Å². The van der Waals surface area contributed by atoms with Crippen LogP contribution in [0.2, 0.25) is 5.15 Å². The average molecular weight is 362 g/mol. The third-order valence-electron chi connectivity index (χ3n) is 3.38. The molecule has 0 N–H and O–H groups in total. The summed E-state index contributed by atoms with van der Waals surface area (Å²) in [7, 11) is 0. The van der Waals surface area contributed by atoms with Crippen LogP contribution in [0.4, 0.5) is 0 Å². The number of hydrogen-bond acceptors (Lipinski definition) is 1. The lowest BCUT2D eigenvalue weighted by Crippen LogP contribution is -2.02. The van der Waals surface area contributed by atoms with E-state index in [-0.39, 0.29) is 0 Å². The maximum Gasteiger partial charge on any atom is 0.130 e. The average Bonchev–Trinajstić information content (AvgIpc) is 2.77. The van der Waals surface area contributed by atoms with Gasteiger partial charge in [0, 0.05) is 15.6 Å². The summed E-state index contributed by atoms with van der Waals surface area (Å²) in [4.78, 5) is 0. The molecular weight excluding hydrogens is 348 g/mol. The fourth-order valence-corrected chi connectivity index (χ4v) is 2.95.